The Labute approximate surface area is 138 Å². The highest BCUT2D eigenvalue weighted by Crippen LogP contribution is 2.24. The summed E-state index contributed by atoms with van der Waals surface area (Å²) in [4.78, 5) is 23.4. The van der Waals surface area contributed by atoms with Crippen molar-refractivity contribution in [2.45, 2.75) is 40.5 Å². The number of aliphatic carboxylic acids is 1. The van der Waals surface area contributed by atoms with Crippen molar-refractivity contribution >= 4 is 11.8 Å². The van der Waals surface area contributed by atoms with Gasteiger partial charge in [0, 0.05) is 11.1 Å². The van der Waals surface area contributed by atoms with Gasteiger partial charge in [0.2, 0.25) is 0 Å². The highest BCUT2D eigenvalue weighted by molar-refractivity contribution is 6.11. The largest absolute Gasteiger partial charge is 0.481 e. The number of rotatable bonds is 6. The van der Waals surface area contributed by atoms with E-state index >= 15 is 0 Å². The maximum absolute atomic E-state index is 12.5. The van der Waals surface area contributed by atoms with E-state index in [4.69, 9.17) is 5.11 Å². The molecule has 0 heterocycles. The van der Waals surface area contributed by atoms with E-state index in [2.05, 4.69) is 12.3 Å². The van der Waals surface area contributed by atoms with Gasteiger partial charge in [-0.3, -0.25) is 9.59 Å². The maximum atomic E-state index is 12.5. The molecule has 0 aliphatic heterocycles. The van der Waals surface area contributed by atoms with Gasteiger partial charge in [0.05, 0.1) is 6.42 Å². The molecule has 0 aliphatic rings. The van der Waals surface area contributed by atoms with Crippen molar-refractivity contribution in [3.63, 3.8) is 0 Å². The van der Waals surface area contributed by atoms with Crippen molar-refractivity contribution in [1.29, 1.82) is 0 Å². The Morgan fingerprint density at radius 2 is 1.78 bits per heavy atom. The molecule has 0 atom stereocenters. The molecule has 0 amide bonds. The van der Waals surface area contributed by atoms with Crippen LogP contribution in [0.2, 0.25) is 0 Å². The normalized spacial score (nSPS) is 11.5. The lowest BCUT2D eigenvalue weighted by Gasteiger charge is -2.13. The number of Topliss-reactive ketones (excluding diaryl/α,β-unsaturated/α-hetero) is 1. The molecule has 0 saturated heterocycles. The number of carboxylic acid groups (broad SMARTS) is 1. The molecule has 0 saturated carbocycles. The second-order valence-electron chi connectivity index (χ2n) is 4.87. The van der Waals surface area contributed by atoms with E-state index in [9.17, 15) is 9.59 Å². The number of hydrogen-bond donors (Lipinski definition) is 1. The molecule has 1 N–H and O–H groups in total. The van der Waals surface area contributed by atoms with Gasteiger partial charge in [-0.15, -0.1) is 12.3 Å². The van der Waals surface area contributed by atoms with Gasteiger partial charge >= 0.3 is 5.97 Å². The Balaban J connectivity index is 0.00000149. The minimum Gasteiger partial charge on any atom is -0.481 e. The van der Waals surface area contributed by atoms with E-state index in [0.29, 0.717) is 17.6 Å². The van der Waals surface area contributed by atoms with Crippen LogP contribution < -0.4 is 0 Å². The monoisotopic (exact) mass is 312 g/mol. The Bertz CT molecular complexity index is 629. The van der Waals surface area contributed by atoms with E-state index in [1.807, 2.05) is 25.1 Å². The number of allylic oxidation sites excluding steroid dienone is 3. The Kier molecular flexibility index (Phi) is 9.78. The zero-order valence-electron chi connectivity index (χ0n) is 14.2. The van der Waals surface area contributed by atoms with E-state index < -0.39 is 5.97 Å². The average Bonchev–Trinajstić information content (AvgIpc) is 2.52. The van der Waals surface area contributed by atoms with Crippen LogP contribution >= 0.6 is 0 Å². The fourth-order valence-electron chi connectivity index (χ4n) is 2.24. The standard InChI is InChI=1S/C17H20O3.C3H4/c1-4-14(12(3)11-16(18)19)15(5-2)17(20)13-9-7-6-8-10-13;1-3-2/h5-10H,4,11H2,1-3H3,(H,18,19);1H,2H3/b14-12+,15-5+;. The Morgan fingerprint density at radius 3 is 2.17 bits per heavy atom. The first-order valence-corrected chi connectivity index (χ1v) is 7.47. The van der Waals surface area contributed by atoms with Gasteiger partial charge in [-0.05, 0) is 32.8 Å². The summed E-state index contributed by atoms with van der Waals surface area (Å²) in [6.07, 6.45) is 6.96. The maximum Gasteiger partial charge on any atom is 0.307 e. The fourth-order valence-corrected chi connectivity index (χ4v) is 2.24. The number of ketones is 1. The first kappa shape index (κ1) is 20.4. The number of carbonyl (C=O) groups excluding carboxylic acids is 1. The molecule has 0 fully saturated rings. The van der Waals surface area contributed by atoms with Crippen LogP contribution in [0.3, 0.4) is 0 Å². The molecule has 0 radical (unpaired) electrons. The summed E-state index contributed by atoms with van der Waals surface area (Å²) in [5.41, 5.74) is 2.77. The average molecular weight is 312 g/mol. The predicted molar refractivity (Wildman–Crippen MR) is 94.3 cm³/mol. The molecule has 0 spiro atoms. The van der Waals surface area contributed by atoms with Crippen molar-refractivity contribution in [3.05, 3.63) is 58.7 Å². The smallest absolute Gasteiger partial charge is 0.307 e. The van der Waals surface area contributed by atoms with Crippen molar-refractivity contribution < 1.29 is 14.7 Å². The molecule has 1 rings (SSSR count). The van der Waals surface area contributed by atoms with E-state index in [1.54, 1.807) is 39.0 Å². The molecule has 1 aromatic rings. The zero-order valence-corrected chi connectivity index (χ0v) is 14.2. The SMILES string of the molecule is C#CC.C/C=C(C(=O)c1ccccc1)\C(CC)=C(/C)CC(=O)O. The van der Waals surface area contributed by atoms with Crippen LogP contribution in [0.5, 0.6) is 0 Å². The van der Waals surface area contributed by atoms with Gasteiger partial charge in [0.25, 0.3) is 0 Å². The molecule has 1 aromatic carbocycles. The van der Waals surface area contributed by atoms with Gasteiger partial charge in [-0.1, -0.05) is 48.9 Å². The third-order valence-electron chi connectivity index (χ3n) is 3.18. The van der Waals surface area contributed by atoms with Crippen LogP contribution in [0.1, 0.15) is 50.9 Å². The zero-order chi connectivity index (χ0) is 17.8. The third-order valence-corrected chi connectivity index (χ3v) is 3.18. The number of carbonyl (C=O) groups is 2. The summed E-state index contributed by atoms with van der Waals surface area (Å²) in [6, 6.07) is 9.04. The summed E-state index contributed by atoms with van der Waals surface area (Å²) in [6.45, 7) is 7.16. The van der Waals surface area contributed by atoms with Gasteiger partial charge in [-0.2, -0.15) is 0 Å². The van der Waals surface area contributed by atoms with Crippen LogP contribution in [0.4, 0.5) is 0 Å². The first-order valence-electron chi connectivity index (χ1n) is 7.47. The number of terminal acetylenes is 1. The summed E-state index contributed by atoms with van der Waals surface area (Å²) in [5.74, 6) is 1.31. The minimum absolute atomic E-state index is 0.0391. The molecule has 0 aliphatic carbocycles. The Hall–Kier alpha value is -2.60. The summed E-state index contributed by atoms with van der Waals surface area (Å²) in [5, 5.41) is 8.90. The van der Waals surface area contributed by atoms with Gasteiger partial charge < -0.3 is 5.11 Å². The molecule has 0 bridgehead atoms. The van der Waals surface area contributed by atoms with Crippen LogP contribution in [0.25, 0.3) is 0 Å². The molecule has 23 heavy (non-hydrogen) atoms. The topological polar surface area (TPSA) is 54.4 Å². The second-order valence-corrected chi connectivity index (χ2v) is 4.87. The van der Waals surface area contributed by atoms with Crippen molar-refractivity contribution in [3.8, 4) is 12.3 Å². The lowest BCUT2D eigenvalue weighted by atomic mass is 9.90. The van der Waals surface area contributed by atoms with Gasteiger partial charge in [0.15, 0.2) is 5.78 Å². The molecule has 3 nitrogen and oxygen atoms in total. The molecule has 0 unspecified atom stereocenters. The first-order chi connectivity index (χ1) is 10.9. The van der Waals surface area contributed by atoms with Crippen LogP contribution in [0, 0.1) is 12.3 Å². The Morgan fingerprint density at radius 1 is 1.26 bits per heavy atom. The van der Waals surface area contributed by atoms with Gasteiger partial charge in [-0.25, -0.2) is 0 Å². The third kappa shape index (κ3) is 6.80. The van der Waals surface area contributed by atoms with Gasteiger partial charge in [0.1, 0.15) is 0 Å². The predicted octanol–water partition coefficient (Wildman–Crippen LogP) is 4.66. The molecule has 122 valence electrons. The molecular formula is C20H24O3. The van der Waals surface area contributed by atoms with Crippen molar-refractivity contribution in [2.24, 2.45) is 0 Å². The summed E-state index contributed by atoms with van der Waals surface area (Å²) >= 11 is 0. The van der Waals surface area contributed by atoms with Crippen LogP contribution in [-0.4, -0.2) is 16.9 Å². The van der Waals surface area contributed by atoms with E-state index in [1.165, 1.54) is 0 Å². The fraction of sp³-hybridized carbons (Fsp3) is 0.300. The quantitative estimate of drug-likeness (QED) is 0.360. The highest BCUT2D eigenvalue weighted by atomic mass is 16.4. The lowest BCUT2D eigenvalue weighted by molar-refractivity contribution is -0.136. The second kappa shape index (κ2) is 11.0. The number of carboxylic acids is 1. The van der Waals surface area contributed by atoms with Crippen LogP contribution in [0.15, 0.2) is 53.1 Å². The number of hydrogen-bond acceptors (Lipinski definition) is 2. The summed E-state index contributed by atoms with van der Waals surface area (Å²) < 4.78 is 0. The molecule has 0 aromatic heterocycles. The van der Waals surface area contributed by atoms with Crippen LogP contribution in [-0.2, 0) is 4.79 Å². The lowest BCUT2D eigenvalue weighted by Crippen LogP contribution is -2.08. The summed E-state index contributed by atoms with van der Waals surface area (Å²) in [7, 11) is 0. The number of benzene rings is 1. The van der Waals surface area contributed by atoms with Crippen molar-refractivity contribution in [1.82, 2.24) is 0 Å². The molecule has 3 heteroatoms. The van der Waals surface area contributed by atoms with E-state index in [-0.39, 0.29) is 12.2 Å². The van der Waals surface area contributed by atoms with E-state index in [0.717, 1.165) is 11.1 Å². The van der Waals surface area contributed by atoms with Crippen molar-refractivity contribution in [2.75, 3.05) is 0 Å². The molecular weight excluding hydrogens is 288 g/mol. The minimum atomic E-state index is -0.879. The highest BCUT2D eigenvalue weighted by Gasteiger charge is 2.17.